The summed E-state index contributed by atoms with van der Waals surface area (Å²) in [5.41, 5.74) is 1.05. The van der Waals surface area contributed by atoms with Gasteiger partial charge in [-0.1, -0.05) is 72.8 Å². The molecule has 0 bridgehead atoms. The first kappa shape index (κ1) is 24.2. The Bertz CT molecular complexity index is 1320. The van der Waals surface area contributed by atoms with Crippen LogP contribution in [0, 0.1) is 0 Å². The molecule has 0 aliphatic carbocycles. The fourth-order valence-electron chi connectivity index (χ4n) is 4.96. The number of sulfone groups is 1. The highest BCUT2D eigenvalue weighted by atomic mass is 32.2. The molecule has 8 nitrogen and oxygen atoms in total. The number of fused-ring (bicyclic) bond motifs is 1. The van der Waals surface area contributed by atoms with E-state index in [9.17, 15) is 18.0 Å². The lowest BCUT2D eigenvalue weighted by Gasteiger charge is -2.44. The molecule has 2 atom stereocenters. The summed E-state index contributed by atoms with van der Waals surface area (Å²) in [7, 11) is -3.30. The lowest BCUT2D eigenvalue weighted by Crippen LogP contribution is -2.65. The van der Waals surface area contributed by atoms with Crippen LogP contribution in [0.25, 0.3) is 0 Å². The number of cyclic esters (lactones) is 1. The minimum atomic E-state index is -3.30. The van der Waals surface area contributed by atoms with Gasteiger partial charge in [-0.05, 0) is 17.7 Å². The van der Waals surface area contributed by atoms with Crippen LogP contribution in [0.2, 0.25) is 0 Å². The van der Waals surface area contributed by atoms with E-state index >= 15 is 0 Å². The number of benzene rings is 3. The van der Waals surface area contributed by atoms with Crippen molar-refractivity contribution in [1.82, 2.24) is 15.5 Å². The van der Waals surface area contributed by atoms with E-state index in [1.54, 1.807) is 12.1 Å². The lowest BCUT2D eigenvalue weighted by atomic mass is 9.90. The van der Waals surface area contributed by atoms with E-state index in [-0.39, 0.29) is 23.3 Å². The number of carbonyl (C=O) groups is 2. The second-order valence-corrected chi connectivity index (χ2v) is 11.0. The van der Waals surface area contributed by atoms with Crippen LogP contribution in [0.1, 0.15) is 16.7 Å². The maximum absolute atomic E-state index is 13.5. The van der Waals surface area contributed by atoms with Crippen LogP contribution in [0.5, 0.6) is 0 Å². The number of amides is 1. The molecule has 3 aromatic carbocycles. The molecule has 2 unspecified atom stereocenters. The Balaban J connectivity index is 1.47. The van der Waals surface area contributed by atoms with Crippen LogP contribution in [0.3, 0.4) is 0 Å². The highest BCUT2D eigenvalue weighted by Gasteiger charge is 2.60. The second kappa shape index (κ2) is 9.50. The van der Waals surface area contributed by atoms with Crippen LogP contribution in [-0.2, 0) is 36.4 Å². The van der Waals surface area contributed by atoms with E-state index in [1.165, 1.54) is 12.1 Å². The molecule has 0 radical (unpaired) electrons. The van der Waals surface area contributed by atoms with Crippen LogP contribution in [0.15, 0.2) is 89.8 Å². The average molecular weight is 506 g/mol. The SMILES string of the molecule is CS(=O)(=O)c1ccc(CNC(=O)C2CNCC3C(=O)OC(c4ccccc4)(c4ccccc4)N23)cc1. The van der Waals surface area contributed by atoms with E-state index in [2.05, 4.69) is 10.6 Å². The van der Waals surface area contributed by atoms with E-state index in [1.807, 2.05) is 65.6 Å². The van der Waals surface area contributed by atoms with E-state index in [0.717, 1.165) is 22.9 Å². The van der Waals surface area contributed by atoms with Gasteiger partial charge in [0.2, 0.25) is 11.6 Å². The predicted molar refractivity (Wildman–Crippen MR) is 133 cm³/mol. The molecule has 2 saturated heterocycles. The molecule has 2 fully saturated rings. The smallest absolute Gasteiger partial charge is 0.327 e. The third kappa shape index (κ3) is 4.30. The Kier molecular flexibility index (Phi) is 6.38. The van der Waals surface area contributed by atoms with Gasteiger partial charge in [0.05, 0.1) is 4.90 Å². The summed E-state index contributed by atoms with van der Waals surface area (Å²) < 4.78 is 29.6. The molecule has 36 heavy (non-hydrogen) atoms. The fraction of sp³-hybridized carbons (Fsp3) is 0.259. The molecule has 0 spiro atoms. The summed E-state index contributed by atoms with van der Waals surface area (Å²) in [6, 6.07) is 24.1. The zero-order valence-corrected chi connectivity index (χ0v) is 20.6. The molecule has 3 aromatic rings. The summed E-state index contributed by atoms with van der Waals surface area (Å²) in [5, 5.41) is 6.17. The summed E-state index contributed by atoms with van der Waals surface area (Å²) >= 11 is 0. The molecule has 2 aliphatic rings. The van der Waals surface area contributed by atoms with Crippen molar-refractivity contribution in [3.8, 4) is 0 Å². The van der Waals surface area contributed by atoms with E-state index < -0.39 is 27.6 Å². The Morgan fingerprint density at radius 3 is 2.11 bits per heavy atom. The zero-order valence-electron chi connectivity index (χ0n) is 19.8. The Labute approximate surface area is 210 Å². The van der Waals surface area contributed by atoms with Crippen molar-refractivity contribution in [3.63, 3.8) is 0 Å². The van der Waals surface area contributed by atoms with Crippen molar-refractivity contribution < 1.29 is 22.7 Å². The van der Waals surface area contributed by atoms with Gasteiger partial charge in [0.25, 0.3) is 0 Å². The topological polar surface area (TPSA) is 105 Å². The summed E-state index contributed by atoms with van der Waals surface area (Å²) in [6.07, 6.45) is 1.15. The maximum Gasteiger partial charge on any atom is 0.327 e. The summed E-state index contributed by atoms with van der Waals surface area (Å²) in [5.74, 6) is -0.641. The third-order valence-corrected chi connectivity index (χ3v) is 7.81. The normalized spacial score (nSPS) is 21.4. The number of rotatable bonds is 6. The van der Waals surface area contributed by atoms with Crippen LogP contribution >= 0.6 is 0 Å². The Hall–Kier alpha value is -3.53. The first-order valence-corrected chi connectivity index (χ1v) is 13.6. The van der Waals surface area contributed by atoms with Crippen molar-refractivity contribution in [2.24, 2.45) is 0 Å². The molecule has 2 N–H and O–H groups in total. The van der Waals surface area contributed by atoms with Gasteiger partial charge in [-0.25, -0.2) is 13.3 Å². The number of piperazine rings is 1. The Morgan fingerprint density at radius 1 is 0.972 bits per heavy atom. The van der Waals surface area contributed by atoms with Gasteiger partial charge in [-0.3, -0.25) is 9.59 Å². The van der Waals surface area contributed by atoms with Gasteiger partial charge >= 0.3 is 5.97 Å². The first-order chi connectivity index (χ1) is 17.3. The fourth-order valence-corrected chi connectivity index (χ4v) is 5.59. The molecule has 0 saturated carbocycles. The van der Waals surface area contributed by atoms with Crippen molar-refractivity contribution in [2.75, 3.05) is 19.3 Å². The molecular weight excluding hydrogens is 478 g/mol. The first-order valence-electron chi connectivity index (χ1n) is 11.7. The standard InChI is InChI=1S/C27H27N3O5S/c1-36(33,34)22-14-12-19(13-15-22)16-29-25(31)23-17-28-18-24-26(32)35-27(30(23)24,20-8-4-2-5-9-20)21-10-6-3-7-11-21/h2-15,23-24,28H,16-18H2,1H3,(H,29,31). The van der Waals surface area contributed by atoms with E-state index in [0.29, 0.717) is 13.1 Å². The van der Waals surface area contributed by atoms with Gasteiger partial charge in [-0.15, -0.1) is 0 Å². The number of ether oxygens (including phenoxy) is 1. The molecular formula is C27H27N3O5S. The average Bonchev–Trinajstić information content (AvgIpc) is 3.21. The maximum atomic E-state index is 13.5. The largest absolute Gasteiger partial charge is 0.434 e. The molecule has 9 heteroatoms. The predicted octanol–water partition coefficient (Wildman–Crippen LogP) is 1.81. The van der Waals surface area contributed by atoms with Gasteiger partial charge in [0, 0.05) is 37.0 Å². The molecule has 1 amide bonds. The number of esters is 1. The number of hydrogen-bond acceptors (Lipinski definition) is 7. The van der Waals surface area contributed by atoms with Crippen LogP contribution in [-0.4, -0.2) is 56.6 Å². The second-order valence-electron chi connectivity index (χ2n) is 9.03. The van der Waals surface area contributed by atoms with Gasteiger partial charge in [-0.2, -0.15) is 0 Å². The van der Waals surface area contributed by atoms with Gasteiger partial charge in [0.1, 0.15) is 12.1 Å². The molecule has 2 aliphatic heterocycles. The quantitative estimate of drug-likeness (QED) is 0.493. The minimum absolute atomic E-state index is 0.219. The lowest BCUT2D eigenvalue weighted by molar-refractivity contribution is -0.153. The van der Waals surface area contributed by atoms with Crippen LogP contribution in [0.4, 0.5) is 0 Å². The van der Waals surface area contributed by atoms with Crippen molar-refractivity contribution in [3.05, 3.63) is 102 Å². The van der Waals surface area contributed by atoms with E-state index in [4.69, 9.17) is 4.74 Å². The number of carbonyl (C=O) groups excluding carboxylic acids is 2. The van der Waals surface area contributed by atoms with Crippen molar-refractivity contribution in [1.29, 1.82) is 0 Å². The van der Waals surface area contributed by atoms with Gasteiger partial charge < -0.3 is 15.4 Å². The van der Waals surface area contributed by atoms with Gasteiger partial charge in [0.15, 0.2) is 9.84 Å². The highest BCUT2D eigenvalue weighted by molar-refractivity contribution is 7.90. The number of nitrogens with zero attached hydrogens (tertiary/aromatic N) is 1. The number of hydrogen-bond donors (Lipinski definition) is 2. The third-order valence-electron chi connectivity index (χ3n) is 6.68. The molecule has 186 valence electrons. The molecule has 0 aromatic heterocycles. The molecule has 2 heterocycles. The zero-order chi connectivity index (χ0) is 25.3. The highest BCUT2D eigenvalue weighted by Crippen LogP contribution is 2.45. The monoisotopic (exact) mass is 505 g/mol. The Morgan fingerprint density at radius 2 is 1.56 bits per heavy atom. The summed E-state index contributed by atoms with van der Waals surface area (Å²) in [4.78, 5) is 28.8. The van der Waals surface area contributed by atoms with Crippen LogP contribution < -0.4 is 10.6 Å². The van der Waals surface area contributed by atoms with Crippen molar-refractivity contribution >= 4 is 21.7 Å². The minimum Gasteiger partial charge on any atom is -0.434 e. The summed E-state index contributed by atoms with van der Waals surface area (Å²) in [6.45, 7) is 0.931. The van der Waals surface area contributed by atoms with Crippen molar-refractivity contribution in [2.45, 2.75) is 29.2 Å². The molecule has 5 rings (SSSR count). The number of nitrogens with one attached hydrogen (secondary N) is 2.